The van der Waals surface area contributed by atoms with E-state index in [1.165, 1.54) is 0 Å². The predicted octanol–water partition coefficient (Wildman–Crippen LogP) is 5.81. The fraction of sp³-hybridized carbons (Fsp3) is 0.0870. The number of hydrogen-bond donors (Lipinski definition) is 1. The highest BCUT2D eigenvalue weighted by Crippen LogP contribution is 2.26. The number of aryl methyl sites for hydroxylation is 1. The van der Waals surface area contributed by atoms with E-state index in [1.54, 1.807) is 54.3 Å². The molecule has 0 atom stereocenters. The Labute approximate surface area is 189 Å². The molecule has 6 nitrogen and oxygen atoms in total. The lowest BCUT2D eigenvalue weighted by molar-refractivity contribution is 0.101. The molecule has 0 aliphatic heterocycles. The Morgan fingerprint density at radius 1 is 1.03 bits per heavy atom. The van der Waals surface area contributed by atoms with Crippen LogP contribution in [0.15, 0.2) is 66.7 Å². The Kier molecular flexibility index (Phi) is 5.93. The van der Waals surface area contributed by atoms with E-state index >= 15 is 0 Å². The maximum atomic E-state index is 12.9. The smallest absolute Gasteiger partial charge is 0.295 e. The van der Waals surface area contributed by atoms with Gasteiger partial charge in [0.1, 0.15) is 5.75 Å². The molecule has 4 aromatic rings. The molecular weight excluding hydrogens is 435 g/mol. The van der Waals surface area contributed by atoms with E-state index in [-0.39, 0.29) is 5.82 Å². The molecule has 0 aliphatic carbocycles. The number of nitrogens with one attached hydrogen (secondary N) is 1. The summed E-state index contributed by atoms with van der Waals surface area (Å²) in [5.74, 6) is 0.699. The average molecular weight is 453 g/mol. The number of carbonyl (C=O) groups excluding carboxylic acids is 1. The van der Waals surface area contributed by atoms with Gasteiger partial charge in [0.05, 0.1) is 12.8 Å². The van der Waals surface area contributed by atoms with Crippen molar-refractivity contribution in [1.29, 1.82) is 0 Å². The first-order valence-electron chi connectivity index (χ1n) is 9.39. The molecule has 0 spiro atoms. The molecule has 1 aromatic heterocycles. The van der Waals surface area contributed by atoms with Crippen molar-refractivity contribution in [3.8, 4) is 22.8 Å². The van der Waals surface area contributed by atoms with Crippen LogP contribution >= 0.6 is 23.2 Å². The number of carbonyl (C=O) groups is 1. The first kappa shape index (κ1) is 20.9. The number of nitrogens with zero attached hydrogens (tertiary/aromatic N) is 3. The van der Waals surface area contributed by atoms with Crippen LogP contribution in [0, 0.1) is 6.92 Å². The van der Waals surface area contributed by atoms with Gasteiger partial charge in [-0.3, -0.25) is 4.79 Å². The normalized spacial score (nSPS) is 10.7. The molecule has 1 N–H and O–H groups in total. The summed E-state index contributed by atoms with van der Waals surface area (Å²) in [6.07, 6.45) is 0. The second-order valence-corrected chi connectivity index (χ2v) is 7.64. The number of benzene rings is 3. The zero-order valence-corrected chi connectivity index (χ0v) is 18.3. The van der Waals surface area contributed by atoms with Crippen molar-refractivity contribution < 1.29 is 9.53 Å². The van der Waals surface area contributed by atoms with Crippen LogP contribution in [0.5, 0.6) is 5.75 Å². The molecule has 1 amide bonds. The second kappa shape index (κ2) is 8.79. The molecule has 31 heavy (non-hydrogen) atoms. The molecule has 0 bridgehead atoms. The number of hydrogen-bond acceptors (Lipinski definition) is 4. The third kappa shape index (κ3) is 4.55. The summed E-state index contributed by atoms with van der Waals surface area (Å²) in [6, 6.07) is 19.8. The zero-order valence-electron chi connectivity index (χ0n) is 16.8. The van der Waals surface area contributed by atoms with Gasteiger partial charge in [0.15, 0.2) is 5.82 Å². The number of ether oxygens (including phenoxy) is 1. The van der Waals surface area contributed by atoms with E-state index in [1.807, 2.05) is 31.2 Å². The quantitative estimate of drug-likeness (QED) is 0.414. The molecular formula is C23H18Cl2N4O2. The van der Waals surface area contributed by atoms with E-state index < -0.39 is 5.91 Å². The Balaban J connectivity index is 1.75. The van der Waals surface area contributed by atoms with Gasteiger partial charge in [-0.05, 0) is 61.0 Å². The van der Waals surface area contributed by atoms with Crippen LogP contribution < -0.4 is 10.1 Å². The van der Waals surface area contributed by atoms with Crippen LogP contribution in [-0.2, 0) is 0 Å². The van der Waals surface area contributed by atoms with Gasteiger partial charge in [-0.25, -0.2) is 9.67 Å². The molecule has 4 rings (SSSR count). The number of methoxy groups -OCH3 is 1. The summed E-state index contributed by atoms with van der Waals surface area (Å²) >= 11 is 12.3. The summed E-state index contributed by atoms with van der Waals surface area (Å²) < 4.78 is 6.79. The van der Waals surface area contributed by atoms with Crippen LogP contribution in [0.3, 0.4) is 0 Å². The number of aromatic nitrogens is 3. The van der Waals surface area contributed by atoms with Crippen molar-refractivity contribution in [3.05, 3.63) is 88.2 Å². The van der Waals surface area contributed by atoms with E-state index in [9.17, 15) is 4.79 Å². The van der Waals surface area contributed by atoms with Crippen LogP contribution in [0.1, 0.15) is 16.2 Å². The summed E-state index contributed by atoms with van der Waals surface area (Å²) in [4.78, 5) is 17.4. The SMILES string of the molecule is COc1cccc(NC(=O)c2nc(-c3ccc(Cl)cc3)n(-c3ccc(C)c(Cl)c3)n2)c1. The molecule has 1 heterocycles. The molecule has 0 saturated heterocycles. The third-order valence-corrected chi connectivity index (χ3v) is 5.30. The topological polar surface area (TPSA) is 69.0 Å². The lowest BCUT2D eigenvalue weighted by atomic mass is 10.2. The average Bonchev–Trinajstić information content (AvgIpc) is 3.22. The van der Waals surface area contributed by atoms with E-state index in [2.05, 4.69) is 15.4 Å². The van der Waals surface area contributed by atoms with Crippen molar-refractivity contribution in [3.63, 3.8) is 0 Å². The number of rotatable bonds is 5. The summed E-state index contributed by atoms with van der Waals surface area (Å²) in [6.45, 7) is 1.92. The molecule has 0 fully saturated rings. The Morgan fingerprint density at radius 3 is 2.52 bits per heavy atom. The molecule has 8 heteroatoms. The van der Waals surface area contributed by atoms with E-state index in [0.717, 1.165) is 11.1 Å². The van der Waals surface area contributed by atoms with E-state index in [0.29, 0.717) is 33.0 Å². The molecule has 0 radical (unpaired) electrons. The van der Waals surface area contributed by atoms with Gasteiger partial charge >= 0.3 is 0 Å². The van der Waals surface area contributed by atoms with Crippen LogP contribution in [-0.4, -0.2) is 27.8 Å². The predicted molar refractivity (Wildman–Crippen MR) is 122 cm³/mol. The molecule has 0 unspecified atom stereocenters. The van der Waals surface area contributed by atoms with Crippen molar-refractivity contribution in [2.45, 2.75) is 6.92 Å². The molecule has 0 aliphatic rings. The minimum absolute atomic E-state index is 0.0180. The highest BCUT2D eigenvalue weighted by atomic mass is 35.5. The van der Waals surface area contributed by atoms with Gasteiger partial charge < -0.3 is 10.1 Å². The van der Waals surface area contributed by atoms with Gasteiger partial charge in [-0.1, -0.05) is 35.3 Å². The van der Waals surface area contributed by atoms with Crippen molar-refractivity contribution >= 4 is 34.8 Å². The van der Waals surface area contributed by atoms with Gasteiger partial charge in [-0.2, -0.15) is 0 Å². The highest BCUT2D eigenvalue weighted by molar-refractivity contribution is 6.31. The van der Waals surface area contributed by atoms with Crippen LogP contribution in [0.2, 0.25) is 10.0 Å². The Bertz CT molecular complexity index is 1250. The fourth-order valence-corrected chi connectivity index (χ4v) is 3.28. The summed E-state index contributed by atoms with van der Waals surface area (Å²) in [5.41, 5.74) is 2.96. The molecule has 3 aromatic carbocycles. The highest BCUT2D eigenvalue weighted by Gasteiger charge is 2.19. The second-order valence-electron chi connectivity index (χ2n) is 6.80. The van der Waals surface area contributed by atoms with E-state index in [4.69, 9.17) is 27.9 Å². The zero-order chi connectivity index (χ0) is 22.0. The number of anilines is 1. The largest absolute Gasteiger partial charge is 0.497 e. The molecule has 156 valence electrons. The van der Waals surface area contributed by atoms with Gasteiger partial charge in [0.25, 0.3) is 5.91 Å². The standard InChI is InChI=1S/C23H18Cl2N4O2/c1-14-6-11-18(13-20(14)25)29-22(15-7-9-16(24)10-8-15)27-21(28-29)23(30)26-17-4-3-5-19(12-17)31-2/h3-13H,1-2H3,(H,26,30). The third-order valence-electron chi connectivity index (χ3n) is 4.64. The van der Waals surface area contributed by atoms with Crippen LogP contribution in [0.25, 0.3) is 17.1 Å². The molecule has 0 saturated carbocycles. The Hall–Kier alpha value is -3.35. The first-order valence-corrected chi connectivity index (χ1v) is 10.1. The lowest BCUT2D eigenvalue weighted by Gasteiger charge is -2.07. The minimum atomic E-state index is -0.444. The van der Waals surface area contributed by atoms with Gasteiger partial charge in [0.2, 0.25) is 5.82 Å². The fourth-order valence-electron chi connectivity index (χ4n) is 2.98. The van der Waals surface area contributed by atoms with Crippen molar-refractivity contribution in [2.75, 3.05) is 12.4 Å². The summed E-state index contributed by atoms with van der Waals surface area (Å²) in [7, 11) is 1.56. The minimum Gasteiger partial charge on any atom is -0.497 e. The monoisotopic (exact) mass is 452 g/mol. The van der Waals surface area contributed by atoms with Crippen LogP contribution in [0.4, 0.5) is 5.69 Å². The Morgan fingerprint density at radius 2 is 1.81 bits per heavy atom. The van der Waals surface area contributed by atoms with Crippen molar-refractivity contribution in [2.24, 2.45) is 0 Å². The maximum Gasteiger partial charge on any atom is 0.295 e. The maximum absolute atomic E-state index is 12.9. The summed E-state index contributed by atoms with van der Waals surface area (Å²) in [5, 5.41) is 8.46. The number of halogens is 2. The van der Waals surface area contributed by atoms with Gasteiger partial charge in [0, 0.05) is 27.4 Å². The number of amides is 1. The lowest BCUT2D eigenvalue weighted by Crippen LogP contribution is -2.14. The van der Waals surface area contributed by atoms with Crippen molar-refractivity contribution in [1.82, 2.24) is 14.8 Å². The van der Waals surface area contributed by atoms with Gasteiger partial charge in [-0.15, -0.1) is 5.10 Å². The first-order chi connectivity index (χ1) is 14.9.